The van der Waals surface area contributed by atoms with Crippen LogP contribution < -0.4 is 16.0 Å². The van der Waals surface area contributed by atoms with Crippen LogP contribution in [0.4, 0.5) is 17.3 Å². The summed E-state index contributed by atoms with van der Waals surface area (Å²) in [7, 11) is 0. The quantitative estimate of drug-likeness (QED) is 0.420. The molecular formula is C22H20N6O5. The minimum Gasteiger partial charge on any atom is -0.380 e. The van der Waals surface area contributed by atoms with E-state index in [2.05, 4.69) is 20.4 Å². The van der Waals surface area contributed by atoms with Gasteiger partial charge in [-0.05, 0) is 37.3 Å². The SMILES string of the molecule is CC(O)(C(=O)Nc1ccc2c(N)noc2c1)[C@H]1OCCN(c2ccc3ccncc3n2)C1=O. The Morgan fingerprint density at radius 3 is 3.00 bits per heavy atom. The number of nitrogens with one attached hydrogen (secondary N) is 1. The van der Waals surface area contributed by atoms with Crippen LogP contribution in [0.5, 0.6) is 0 Å². The number of morpholine rings is 1. The number of aliphatic hydroxyl groups is 1. The number of carbonyl (C=O) groups excluding carboxylic acids is 2. The highest BCUT2D eigenvalue weighted by molar-refractivity contribution is 6.06. The first-order valence-corrected chi connectivity index (χ1v) is 10.2. The van der Waals surface area contributed by atoms with Gasteiger partial charge in [0.05, 0.1) is 30.3 Å². The fraction of sp³-hybridized carbons (Fsp3) is 0.227. The largest absolute Gasteiger partial charge is 0.380 e. The number of amides is 2. The van der Waals surface area contributed by atoms with Crippen LogP contribution in [0.15, 0.2) is 53.3 Å². The van der Waals surface area contributed by atoms with E-state index < -0.39 is 23.5 Å². The van der Waals surface area contributed by atoms with Crippen molar-refractivity contribution < 1.29 is 24.0 Å². The van der Waals surface area contributed by atoms with Crippen molar-refractivity contribution in [2.24, 2.45) is 0 Å². The molecule has 0 spiro atoms. The van der Waals surface area contributed by atoms with Crippen molar-refractivity contribution in [1.29, 1.82) is 0 Å². The minimum atomic E-state index is -2.16. The molecule has 0 aliphatic carbocycles. The number of hydrogen-bond donors (Lipinski definition) is 3. The highest BCUT2D eigenvalue weighted by atomic mass is 16.5. The summed E-state index contributed by atoms with van der Waals surface area (Å²) in [6, 6.07) is 10.1. The van der Waals surface area contributed by atoms with Crippen molar-refractivity contribution in [1.82, 2.24) is 15.1 Å². The highest BCUT2D eigenvalue weighted by Crippen LogP contribution is 2.28. The lowest BCUT2D eigenvalue weighted by molar-refractivity contribution is -0.165. The molecule has 5 rings (SSSR count). The van der Waals surface area contributed by atoms with Gasteiger partial charge in [-0.3, -0.25) is 19.5 Å². The molecule has 1 unspecified atom stereocenters. The van der Waals surface area contributed by atoms with Gasteiger partial charge in [0.2, 0.25) is 0 Å². The van der Waals surface area contributed by atoms with Crippen molar-refractivity contribution in [2.45, 2.75) is 18.6 Å². The number of hydrogen-bond acceptors (Lipinski definition) is 9. The molecule has 1 aliphatic rings. The Morgan fingerprint density at radius 1 is 1.30 bits per heavy atom. The van der Waals surface area contributed by atoms with E-state index in [1.807, 2.05) is 12.1 Å². The normalized spacial score (nSPS) is 18.4. The smallest absolute Gasteiger partial charge is 0.260 e. The zero-order valence-corrected chi connectivity index (χ0v) is 17.6. The van der Waals surface area contributed by atoms with Gasteiger partial charge in [0.25, 0.3) is 11.8 Å². The molecule has 33 heavy (non-hydrogen) atoms. The molecule has 3 aromatic heterocycles. The lowest BCUT2D eigenvalue weighted by Crippen LogP contribution is -2.61. The van der Waals surface area contributed by atoms with Crippen LogP contribution in [0, 0.1) is 0 Å². The number of rotatable bonds is 4. The van der Waals surface area contributed by atoms with Gasteiger partial charge in [-0.15, -0.1) is 0 Å². The fourth-order valence-corrected chi connectivity index (χ4v) is 3.73. The van der Waals surface area contributed by atoms with Crippen LogP contribution in [0.3, 0.4) is 0 Å². The molecule has 1 aromatic carbocycles. The molecule has 4 aromatic rings. The molecule has 4 heterocycles. The van der Waals surface area contributed by atoms with E-state index in [1.165, 1.54) is 17.9 Å². The van der Waals surface area contributed by atoms with Crippen LogP contribution in [0.2, 0.25) is 0 Å². The topological polar surface area (TPSA) is 157 Å². The summed E-state index contributed by atoms with van der Waals surface area (Å²) in [4.78, 5) is 36.1. The second-order valence-electron chi connectivity index (χ2n) is 7.86. The molecule has 4 N–H and O–H groups in total. The number of anilines is 3. The van der Waals surface area contributed by atoms with Crippen LogP contribution in [-0.4, -0.2) is 56.9 Å². The Balaban J connectivity index is 1.37. The van der Waals surface area contributed by atoms with Crippen molar-refractivity contribution in [2.75, 3.05) is 29.1 Å². The molecule has 0 radical (unpaired) electrons. The zero-order chi connectivity index (χ0) is 23.2. The monoisotopic (exact) mass is 448 g/mol. The molecule has 1 saturated heterocycles. The Hall–Kier alpha value is -4.09. The van der Waals surface area contributed by atoms with Crippen molar-refractivity contribution in [3.05, 3.63) is 48.8 Å². The van der Waals surface area contributed by atoms with Crippen molar-refractivity contribution >= 4 is 51.0 Å². The van der Waals surface area contributed by atoms with E-state index in [4.69, 9.17) is 15.0 Å². The van der Waals surface area contributed by atoms with Crippen LogP contribution >= 0.6 is 0 Å². The fourth-order valence-electron chi connectivity index (χ4n) is 3.73. The van der Waals surface area contributed by atoms with Gasteiger partial charge in [0.15, 0.2) is 23.1 Å². The van der Waals surface area contributed by atoms with Crippen LogP contribution in [0.25, 0.3) is 21.9 Å². The second kappa shape index (κ2) is 7.80. The molecule has 2 amide bonds. The average Bonchev–Trinajstić information content (AvgIpc) is 3.18. The van der Waals surface area contributed by atoms with Gasteiger partial charge in [0, 0.05) is 23.3 Å². The van der Waals surface area contributed by atoms with E-state index in [9.17, 15) is 14.7 Å². The molecule has 0 bridgehead atoms. The molecule has 168 valence electrons. The standard InChI is InChI=1S/C22H20N6O5/c1-22(31,21(30)25-13-3-4-14-16(10-13)33-27-19(14)23)18-20(29)28(8-9-32-18)17-5-2-12-6-7-24-11-15(12)26-17/h2-7,10-11,18,31H,8-9H2,1H3,(H2,23,27)(H,25,30)/t18-,22?/m0/s1. The third-order valence-corrected chi connectivity index (χ3v) is 5.57. The average molecular weight is 448 g/mol. The predicted molar refractivity (Wildman–Crippen MR) is 119 cm³/mol. The second-order valence-corrected chi connectivity index (χ2v) is 7.86. The Morgan fingerprint density at radius 2 is 2.15 bits per heavy atom. The van der Waals surface area contributed by atoms with E-state index in [0.29, 0.717) is 28.0 Å². The molecule has 1 aliphatic heterocycles. The van der Waals surface area contributed by atoms with Crippen molar-refractivity contribution in [3.8, 4) is 0 Å². The first-order chi connectivity index (χ1) is 15.8. The first-order valence-electron chi connectivity index (χ1n) is 10.2. The maximum absolute atomic E-state index is 13.2. The summed E-state index contributed by atoms with van der Waals surface area (Å²) < 4.78 is 10.6. The number of nitrogens with zero attached hydrogens (tertiary/aromatic N) is 4. The van der Waals surface area contributed by atoms with Gasteiger partial charge in [0.1, 0.15) is 5.82 Å². The van der Waals surface area contributed by atoms with E-state index >= 15 is 0 Å². The third-order valence-electron chi connectivity index (χ3n) is 5.57. The van der Waals surface area contributed by atoms with Gasteiger partial charge in [-0.1, -0.05) is 5.16 Å². The molecule has 0 saturated carbocycles. The highest BCUT2D eigenvalue weighted by Gasteiger charge is 2.48. The molecule has 11 nitrogen and oxygen atoms in total. The first kappa shape index (κ1) is 20.8. The summed E-state index contributed by atoms with van der Waals surface area (Å²) >= 11 is 0. The number of aromatic nitrogens is 3. The number of nitrogens with two attached hydrogens (primary N) is 1. The zero-order valence-electron chi connectivity index (χ0n) is 17.6. The Labute approximate surface area is 187 Å². The van der Waals surface area contributed by atoms with Gasteiger partial charge in [-0.25, -0.2) is 4.98 Å². The van der Waals surface area contributed by atoms with E-state index in [0.717, 1.165) is 5.39 Å². The number of carbonyl (C=O) groups is 2. The molecule has 1 fully saturated rings. The Kier molecular flexibility index (Phi) is 4.91. The van der Waals surface area contributed by atoms with Gasteiger partial charge < -0.3 is 25.4 Å². The maximum atomic E-state index is 13.2. The molecule has 2 atom stereocenters. The summed E-state index contributed by atoms with van der Waals surface area (Å²) in [6.45, 7) is 1.59. The number of nitrogen functional groups attached to an aromatic ring is 1. The summed E-state index contributed by atoms with van der Waals surface area (Å²) in [5.74, 6) is -0.770. The van der Waals surface area contributed by atoms with Gasteiger partial charge >= 0.3 is 0 Å². The number of ether oxygens (including phenoxy) is 1. The maximum Gasteiger partial charge on any atom is 0.260 e. The summed E-state index contributed by atoms with van der Waals surface area (Å²) in [6.07, 6.45) is 1.83. The molecular weight excluding hydrogens is 428 g/mol. The lowest BCUT2D eigenvalue weighted by atomic mass is 9.95. The predicted octanol–water partition coefficient (Wildman–Crippen LogP) is 1.47. The number of pyridine rings is 2. The lowest BCUT2D eigenvalue weighted by Gasteiger charge is -2.37. The summed E-state index contributed by atoms with van der Waals surface area (Å²) in [5.41, 5.74) is 4.88. The number of fused-ring (bicyclic) bond motifs is 2. The molecule has 11 heteroatoms. The third kappa shape index (κ3) is 3.62. The minimum absolute atomic E-state index is 0.121. The Bertz CT molecular complexity index is 1380. The van der Waals surface area contributed by atoms with E-state index in [-0.39, 0.29) is 19.0 Å². The van der Waals surface area contributed by atoms with Crippen LogP contribution in [-0.2, 0) is 14.3 Å². The van der Waals surface area contributed by atoms with Crippen LogP contribution in [0.1, 0.15) is 6.92 Å². The van der Waals surface area contributed by atoms with E-state index in [1.54, 1.807) is 30.6 Å². The van der Waals surface area contributed by atoms with Gasteiger partial charge in [-0.2, -0.15) is 0 Å². The summed E-state index contributed by atoms with van der Waals surface area (Å²) in [5, 5.41) is 18.7. The van der Waals surface area contributed by atoms with Crippen molar-refractivity contribution in [3.63, 3.8) is 0 Å². The number of benzene rings is 1.